The van der Waals surface area contributed by atoms with E-state index in [0.717, 1.165) is 4.90 Å². The zero-order valence-electron chi connectivity index (χ0n) is 10.1. The number of amides is 1. The molecule has 0 atom stereocenters. The van der Waals surface area contributed by atoms with Crippen molar-refractivity contribution in [2.45, 2.75) is 0 Å². The Morgan fingerprint density at radius 2 is 2.00 bits per heavy atom. The summed E-state index contributed by atoms with van der Waals surface area (Å²) < 4.78 is 0. The van der Waals surface area contributed by atoms with E-state index in [1.54, 1.807) is 24.3 Å². The third-order valence-electron chi connectivity index (χ3n) is 2.24. The van der Waals surface area contributed by atoms with Gasteiger partial charge >= 0.3 is 5.97 Å². The Hall–Kier alpha value is -2.03. The highest BCUT2D eigenvalue weighted by molar-refractivity contribution is 6.30. The van der Waals surface area contributed by atoms with Gasteiger partial charge in [0, 0.05) is 10.7 Å². The molecule has 1 rings (SSSR count). The lowest BCUT2D eigenvalue weighted by molar-refractivity contribution is -0.136. The summed E-state index contributed by atoms with van der Waals surface area (Å²) in [5, 5.41) is 12.1. The van der Waals surface area contributed by atoms with Gasteiger partial charge in [0.15, 0.2) is 0 Å². The molecule has 2 N–H and O–H groups in total. The van der Waals surface area contributed by atoms with Crippen LogP contribution in [0.1, 0.15) is 0 Å². The second kappa shape index (κ2) is 7.41. The van der Waals surface area contributed by atoms with E-state index in [1.165, 1.54) is 0 Å². The first-order chi connectivity index (χ1) is 9.04. The number of nitrogens with zero attached hydrogens (tertiary/aromatic N) is 1. The van der Waals surface area contributed by atoms with Gasteiger partial charge < -0.3 is 10.0 Å². The molecule has 0 fully saturated rings. The number of aliphatic carboxylic acids is 1. The number of carbonyl (C=O) groups excluding carboxylic acids is 1. The molecule has 0 aliphatic carbocycles. The first-order valence-electron chi connectivity index (χ1n) is 5.46. The van der Waals surface area contributed by atoms with E-state index in [4.69, 9.17) is 23.1 Å². The molecule has 0 aliphatic heterocycles. The van der Waals surface area contributed by atoms with Gasteiger partial charge in [0.2, 0.25) is 5.91 Å². The summed E-state index contributed by atoms with van der Waals surface area (Å²) in [5.74, 6) is 0.862. The zero-order chi connectivity index (χ0) is 14.3. The van der Waals surface area contributed by atoms with Crippen molar-refractivity contribution in [2.24, 2.45) is 0 Å². The van der Waals surface area contributed by atoms with Crippen molar-refractivity contribution in [1.29, 1.82) is 0 Å². The molecule has 19 heavy (non-hydrogen) atoms. The summed E-state index contributed by atoms with van der Waals surface area (Å²) in [4.78, 5) is 23.9. The number of benzene rings is 1. The maximum atomic E-state index is 11.9. The first-order valence-corrected chi connectivity index (χ1v) is 5.84. The molecule has 0 saturated heterocycles. The van der Waals surface area contributed by atoms with E-state index in [0.29, 0.717) is 10.7 Å². The molecule has 100 valence electrons. The molecule has 0 spiro atoms. The molecular weight excluding hydrogens is 268 g/mol. The van der Waals surface area contributed by atoms with Crippen molar-refractivity contribution in [2.75, 3.05) is 24.5 Å². The van der Waals surface area contributed by atoms with Gasteiger partial charge in [0.1, 0.15) is 6.54 Å². The SMILES string of the molecule is C#CCNCC(=O)N(CC(=O)O)c1ccc(Cl)cc1. The van der Waals surface area contributed by atoms with Crippen LogP contribution in [0.3, 0.4) is 0 Å². The highest BCUT2D eigenvalue weighted by atomic mass is 35.5. The van der Waals surface area contributed by atoms with E-state index in [1.807, 2.05) is 0 Å². The number of nitrogens with one attached hydrogen (secondary N) is 1. The number of carboxylic acid groups (broad SMARTS) is 1. The average Bonchev–Trinajstić information content (AvgIpc) is 2.37. The highest BCUT2D eigenvalue weighted by Gasteiger charge is 2.18. The monoisotopic (exact) mass is 280 g/mol. The molecule has 0 bridgehead atoms. The zero-order valence-corrected chi connectivity index (χ0v) is 10.9. The quantitative estimate of drug-likeness (QED) is 0.602. The number of carboxylic acids is 1. The number of anilines is 1. The van der Waals surface area contributed by atoms with Crippen molar-refractivity contribution in [3.63, 3.8) is 0 Å². The van der Waals surface area contributed by atoms with Crippen LogP contribution in [0.4, 0.5) is 5.69 Å². The Bertz CT molecular complexity index is 494. The Morgan fingerprint density at radius 1 is 1.37 bits per heavy atom. The van der Waals surface area contributed by atoms with Gasteiger partial charge in [0.25, 0.3) is 0 Å². The predicted octanol–water partition coefficient (Wildman–Crippen LogP) is 0.980. The van der Waals surface area contributed by atoms with Crippen molar-refractivity contribution in [3.8, 4) is 12.3 Å². The number of rotatable bonds is 6. The standard InChI is InChI=1S/C13H13ClN2O3/c1-2-7-15-8-12(17)16(9-13(18)19)11-5-3-10(14)4-6-11/h1,3-6,15H,7-9H2,(H,18,19). The second-order valence-corrected chi connectivity index (χ2v) is 4.09. The Balaban J connectivity index is 2.82. The molecule has 0 saturated carbocycles. The van der Waals surface area contributed by atoms with E-state index >= 15 is 0 Å². The van der Waals surface area contributed by atoms with Crippen molar-refractivity contribution in [3.05, 3.63) is 29.3 Å². The van der Waals surface area contributed by atoms with Crippen LogP contribution < -0.4 is 10.2 Å². The minimum Gasteiger partial charge on any atom is -0.480 e. The van der Waals surface area contributed by atoms with E-state index < -0.39 is 12.5 Å². The Morgan fingerprint density at radius 3 is 2.53 bits per heavy atom. The summed E-state index contributed by atoms with van der Waals surface area (Å²) >= 11 is 5.75. The van der Waals surface area contributed by atoms with Crippen LogP contribution in [0.15, 0.2) is 24.3 Å². The number of halogens is 1. The number of hydrogen-bond donors (Lipinski definition) is 2. The lowest BCUT2D eigenvalue weighted by atomic mass is 10.2. The van der Waals surface area contributed by atoms with Gasteiger partial charge in [-0.2, -0.15) is 0 Å². The topological polar surface area (TPSA) is 69.6 Å². The van der Waals surface area contributed by atoms with E-state index in [9.17, 15) is 9.59 Å². The second-order valence-electron chi connectivity index (χ2n) is 3.66. The third kappa shape index (κ3) is 5.00. The number of terminal acetylenes is 1. The molecule has 6 heteroatoms. The summed E-state index contributed by atoms with van der Waals surface area (Å²) in [7, 11) is 0. The smallest absolute Gasteiger partial charge is 0.323 e. The summed E-state index contributed by atoms with van der Waals surface area (Å²) in [6.45, 7) is -0.203. The summed E-state index contributed by atoms with van der Waals surface area (Å²) in [6, 6.07) is 6.36. The lowest BCUT2D eigenvalue weighted by Crippen LogP contribution is -2.41. The van der Waals surface area contributed by atoms with Crippen LogP contribution in [0.25, 0.3) is 0 Å². The van der Waals surface area contributed by atoms with Crippen LogP contribution in [0, 0.1) is 12.3 Å². The fourth-order valence-electron chi connectivity index (χ4n) is 1.42. The fraction of sp³-hybridized carbons (Fsp3) is 0.231. The molecule has 1 aromatic rings. The average molecular weight is 281 g/mol. The van der Waals surface area contributed by atoms with Gasteiger partial charge in [0.05, 0.1) is 13.1 Å². The molecule has 0 radical (unpaired) electrons. The van der Waals surface area contributed by atoms with Crippen LogP contribution in [0.5, 0.6) is 0 Å². The van der Waals surface area contributed by atoms with E-state index in [2.05, 4.69) is 11.2 Å². The third-order valence-corrected chi connectivity index (χ3v) is 2.49. The molecule has 1 amide bonds. The molecule has 0 heterocycles. The minimum atomic E-state index is -1.10. The van der Waals surface area contributed by atoms with Crippen molar-refractivity contribution >= 4 is 29.2 Å². The van der Waals surface area contributed by atoms with Crippen molar-refractivity contribution < 1.29 is 14.7 Å². The van der Waals surface area contributed by atoms with Crippen LogP contribution >= 0.6 is 11.6 Å². The molecular formula is C13H13ClN2O3. The fourth-order valence-corrected chi connectivity index (χ4v) is 1.54. The number of carbonyl (C=O) groups is 2. The van der Waals surface area contributed by atoms with Crippen LogP contribution in [-0.4, -0.2) is 36.6 Å². The van der Waals surface area contributed by atoms with Gasteiger partial charge in [-0.05, 0) is 24.3 Å². The normalized spacial score (nSPS) is 9.68. The van der Waals surface area contributed by atoms with E-state index in [-0.39, 0.29) is 19.0 Å². The molecule has 1 aromatic carbocycles. The number of hydrogen-bond acceptors (Lipinski definition) is 3. The first kappa shape index (κ1) is 15.0. The molecule has 0 aromatic heterocycles. The minimum absolute atomic E-state index is 0.0277. The van der Waals surface area contributed by atoms with Crippen LogP contribution in [0.2, 0.25) is 5.02 Å². The Kier molecular flexibility index (Phi) is 5.86. The molecule has 0 unspecified atom stereocenters. The van der Waals surface area contributed by atoms with Crippen molar-refractivity contribution in [1.82, 2.24) is 5.32 Å². The van der Waals surface area contributed by atoms with Gasteiger partial charge in [-0.15, -0.1) is 6.42 Å². The summed E-state index contributed by atoms with van der Waals surface area (Å²) in [5.41, 5.74) is 0.472. The van der Waals surface area contributed by atoms with Gasteiger partial charge in [-0.3, -0.25) is 14.9 Å². The lowest BCUT2D eigenvalue weighted by Gasteiger charge is -2.21. The largest absolute Gasteiger partial charge is 0.480 e. The maximum absolute atomic E-state index is 11.9. The molecule has 0 aliphatic rings. The maximum Gasteiger partial charge on any atom is 0.323 e. The van der Waals surface area contributed by atoms with Gasteiger partial charge in [-0.1, -0.05) is 17.5 Å². The van der Waals surface area contributed by atoms with Crippen LogP contribution in [-0.2, 0) is 9.59 Å². The molecule has 5 nitrogen and oxygen atoms in total. The van der Waals surface area contributed by atoms with Gasteiger partial charge in [-0.25, -0.2) is 0 Å². The summed E-state index contributed by atoms with van der Waals surface area (Å²) in [6.07, 6.45) is 5.05. The predicted molar refractivity (Wildman–Crippen MR) is 73.1 cm³/mol. The highest BCUT2D eigenvalue weighted by Crippen LogP contribution is 2.17. The Labute approximate surface area is 116 Å².